The molecule has 0 radical (unpaired) electrons. The predicted octanol–water partition coefficient (Wildman–Crippen LogP) is -4.21. The van der Waals surface area contributed by atoms with E-state index in [4.69, 9.17) is 10.2 Å². The number of hydrogen-bond acceptors (Lipinski definition) is 9. The average molecular weight is 531 g/mol. The van der Waals surface area contributed by atoms with Crippen LogP contribution in [0.25, 0.3) is 0 Å². The molecular formula is C8H15AuO9Se. The molecule has 0 spiro atoms. The van der Waals surface area contributed by atoms with Crippen molar-refractivity contribution in [2.45, 2.75) is 31.3 Å². The zero-order valence-corrected chi connectivity index (χ0v) is 13.7. The first kappa shape index (κ1) is 19.2. The van der Waals surface area contributed by atoms with Crippen LogP contribution < -0.4 is 0 Å². The Morgan fingerprint density at radius 3 is 2.16 bits per heavy atom. The minimum atomic E-state index is -2.95. The summed E-state index contributed by atoms with van der Waals surface area (Å²) in [4.78, 5) is 26.2. The van der Waals surface area contributed by atoms with Crippen LogP contribution in [0.5, 0.6) is 0 Å². The number of carbonyl (C=O) groups excluding carboxylic acids is 2. The van der Waals surface area contributed by atoms with Gasteiger partial charge in [-0.1, -0.05) is 0 Å². The molecule has 0 saturated heterocycles. The van der Waals surface area contributed by atoms with Crippen LogP contribution in [-0.4, -0.2) is 79.6 Å². The molecule has 0 unspecified atom stereocenters. The summed E-state index contributed by atoms with van der Waals surface area (Å²) in [6.45, 7) is 0.194. The van der Waals surface area contributed by atoms with E-state index in [2.05, 4.69) is 8.28 Å². The molecule has 0 aliphatic rings. The van der Waals surface area contributed by atoms with Gasteiger partial charge in [0, 0.05) is 0 Å². The van der Waals surface area contributed by atoms with E-state index in [0.717, 1.165) is 6.92 Å². The predicted molar refractivity (Wildman–Crippen MR) is 56.1 cm³/mol. The van der Waals surface area contributed by atoms with Crippen molar-refractivity contribution >= 4 is 23.1 Å². The molecule has 0 aromatic heterocycles. The van der Waals surface area contributed by atoms with Crippen molar-refractivity contribution in [3.8, 4) is 0 Å². The Balaban J connectivity index is 4.49. The zero-order chi connectivity index (χ0) is 15.2. The van der Waals surface area contributed by atoms with Crippen LogP contribution in [0.4, 0.5) is 0 Å². The Labute approximate surface area is 121 Å². The Kier molecular flexibility index (Phi) is 9.24. The molecule has 0 heterocycles. The van der Waals surface area contributed by atoms with Gasteiger partial charge in [0.05, 0.1) is 0 Å². The Morgan fingerprint density at radius 2 is 1.74 bits per heavy atom. The van der Waals surface area contributed by atoms with Crippen molar-refractivity contribution in [1.29, 1.82) is 0 Å². The molecule has 0 bridgehead atoms. The van der Waals surface area contributed by atoms with Crippen LogP contribution in [0.3, 0.4) is 0 Å². The van der Waals surface area contributed by atoms with Crippen LogP contribution in [0.2, 0.25) is 0 Å². The van der Waals surface area contributed by atoms with Gasteiger partial charge in [-0.2, -0.15) is 0 Å². The van der Waals surface area contributed by atoms with Crippen molar-refractivity contribution in [2.75, 3.05) is 6.61 Å². The maximum absolute atomic E-state index is 11.6. The van der Waals surface area contributed by atoms with E-state index in [1.807, 2.05) is 0 Å². The van der Waals surface area contributed by atoms with Gasteiger partial charge in [0.1, 0.15) is 0 Å². The molecule has 0 aromatic rings. The van der Waals surface area contributed by atoms with Gasteiger partial charge in [-0.05, 0) is 0 Å². The molecule has 0 aromatic carbocycles. The van der Waals surface area contributed by atoms with Crippen molar-refractivity contribution in [1.82, 2.24) is 0 Å². The van der Waals surface area contributed by atoms with Crippen molar-refractivity contribution in [2.24, 2.45) is 0 Å². The minimum absolute atomic E-state index is 0.787. The Hall–Kier alpha value is 0.160. The average Bonchev–Trinajstić information content (AvgIpc) is 2.40. The summed E-state index contributed by atoms with van der Waals surface area (Å²) in [5, 5.41) is 45.9. The van der Waals surface area contributed by atoms with Gasteiger partial charge >= 0.3 is 121 Å². The molecule has 9 nitrogen and oxygen atoms in total. The molecule has 4 atom stereocenters. The molecule has 0 aliphatic heterocycles. The second kappa shape index (κ2) is 9.16. The summed E-state index contributed by atoms with van der Waals surface area (Å²) in [5.74, 6) is -0.787. The van der Waals surface area contributed by atoms with E-state index >= 15 is 0 Å². The number of rotatable bonds is 8. The Bertz CT molecular complexity index is 315. The van der Waals surface area contributed by atoms with Gasteiger partial charge < -0.3 is 0 Å². The fourth-order valence-electron chi connectivity index (χ4n) is 0.804. The van der Waals surface area contributed by atoms with Crippen LogP contribution in [0.1, 0.15) is 6.92 Å². The first-order valence-electron chi connectivity index (χ1n) is 4.73. The summed E-state index contributed by atoms with van der Waals surface area (Å²) < 4.78 is 3.51. The van der Waals surface area contributed by atoms with Gasteiger partial charge in [-0.3, -0.25) is 0 Å². The molecule has 5 N–H and O–H groups in total. The first-order chi connectivity index (χ1) is 8.72. The molecule has 0 amide bonds. The third-order valence-electron chi connectivity index (χ3n) is 1.78. The third-order valence-corrected chi connectivity index (χ3v) is 6.91. The van der Waals surface area contributed by atoms with Gasteiger partial charge in [-0.25, -0.2) is 0 Å². The van der Waals surface area contributed by atoms with E-state index in [0.29, 0.717) is 0 Å². The SMILES string of the molecule is CC(=O)O[O][Au]([SeH])[C](=O)[C@H](O)[C@@H](O)[C@H](O)[C@H](O)CO. The van der Waals surface area contributed by atoms with Crippen molar-refractivity contribution in [3.05, 3.63) is 0 Å². The second-order valence-electron chi connectivity index (χ2n) is 3.25. The maximum atomic E-state index is 11.6. The fraction of sp³-hybridized carbons (Fsp3) is 0.750. The first-order valence-corrected chi connectivity index (χ1v) is 12.3. The number of carbonyl (C=O) groups is 2. The second-order valence-corrected chi connectivity index (χ2v) is 10.2. The molecule has 0 fully saturated rings. The van der Waals surface area contributed by atoms with Gasteiger partial charge in [0.25, 0.3) is 0 Å². The van der Waals surface area contributed by atoms with Gasteiger partial charge in [0.15, 0.2) is 0 Å². The molecule has 0 rings (SSSR count). The number of aliphatic hydroxyl groups is 5. The number of aliphatic hydroxyl groups excluding tert-OH is 5. The van der Waals surface area contributed by atoms with Crippen LogP contribution in [-0.2, 0) is 34.6 Å². The third kappa shape index (κ3) is 6.43. The molecule has 0 saturated carbocycles. The monoisotopic (exact) mass is 532 g/mol. The molecule has 0 aliphatic carbocycles. The quantitative estimate of drug-likeness (QED) is 0.119. The van der Waals surface area contributed by atoms with E-state index in [1.54, 1.807) is 13.1 Å². The molecule has 118 valence electrons. The van der Waals surface area contributed by atoms with Crippen LogP contribution in [0, 0.1) is 0 Å². The summed E-state index contributed by atoms with van der Waals surface area (Å²) in [7, 11) is 0. The number of hydrogen-bond donors (Lipinski definition) is 5. The summed E-state index contributed by atoms with van der Waals surface area (Å²) in [6, 6.07) is 0. The summed E-state index contributed by atoms with van der Waals surface area (Å²) in [5.41, 5.74) is 0. The van der Waals surface area contributed by atoms with Crippen LogP contribution >= 0.6 is 0 Å². The standard InChI is InChI=1S/C6H11O6.C2H4O3.Au.H2Se/c7-1-3(9)5(11)6(12)4(10)2-8;1-2(3)5-4;;/h3-7,9-12H,1H2;4H,1H3;;1H2/q;;+2;/p-2/t3-,4+,5-,6-;;;/m1.../s1. The fourth-order valence-corrected chi connectivity index (χ4v) is 4.08. The topological polar surface area (TPSA) is 154 Å². The summed E-state index contributed by atoms with van der Waals surface area (Å²) in [6.07, 6.45) is -7.65. The summed E-state index contributed by atoms with van der Waals surface area (Å²) >= 11 is -1.16. The van der Waals surface area contributed by atoms with Gasteiger partial charge in [-0.15, -0.1) is 0 Å². The van der Waals surface area contributed by atoms with Crippen molar-refractivity contribution in [3.63, 3.8) is 0 Å². The zero-order valence-electron chi connectivity index (χ0n) is 9.63. The van der Waals surface area contributed by atoms with Crippen LogP contribution in [0.15, 0.2) is 0 Å². The van der Waals surface area contributed by atoms with Crippen molar-refractivity contribution < 1.29 is 60.1 Å². The van der Waals surface area contributed by atoms with E-state index in [-0.39, 0.29) is 0 Å². The molecular weight excluding hydrogens is 516 g/mol. The van der Waals surface area contributed by atoms with E-state index < -0.39 is 57.7 Å². The molecule has 19 heavy (non-hydrogen) atoms. The molecule has 11 heteroatoms. The van der Waals surface area contributed by atoms with E-state index in [9.17, 15) is 24.9 Å². The normalized spacial score (nSPS) is 18.2. The Morgan fingerprint density at radius 1 is 1.21 bits per heavy atom. The van der Waals surface area contributed by atoms with Gasteiger partial charge in [0.2, 0.25) is 0 Å². The van der Waals surface area contributed by atoms with E-state index in [1.165, 1.54) is 0 Å².